The lowest BCUT2D eigenvalue weighted by Crippen LogP contribution is -2.35. The molecule has 0 aliphatic carbocycles. The molecule has 0 fully saturated rings. The lowest BCUT2D eigenvalue weighted by atomic mass is 10.1. The van der Waals surface area contributed by atoms with Crippen molar-refractivity contribution >= 4 is 0 Å². The third kappa shape index (κ3) is 4.57. The Bertz CT molecular complexity index is 615. The van der Waals surface area contributed by atoms with Crippen LogP contribution in [0.4, 0.5) is 0 Å². The molecule has 21 heavy (non-hydrogen) atoms. The van der Waals surface area contributed by atoms with Crippen LogP contribution < -0.4 is 10.1 Å². The Balaban J connectivity index is 2.22. The third-order valence-corrected chi connectivity index (χ3v) is 3.23. The van der Waals surface area contributed by atoms with Gasteiger partial charge in [0.15, 0.2) is 0 Å². The van der Waals surface area contributed by atoms with Crippen LogP contribution in [-0.2, 0) is 6.54 Å². The van der Waals surface area contributed by atoms with Gasteiger partial charge in [0.25, 0.3) is 0 Å². The van der Waals surface area contributed by atoms with E-state index in [1.54, 1.807) is 6.20 Å². The molecule has 1 N–H and O–H groups in total. The van der Waals surface area contributed by atoms with Gasteiger partial charge in [-0.15, -0.1) is 0 Å². The summed E-state index contributed by atoms with van der Waals surface area (Å²) in [5, 5.41) is 3.47. The van der Waals surface area contributed by atoms with Gasteiger partial charge in [-0.05, 0) is 57.9 Å². The zero-order chi connectivity index (χ0) is 15.5. The Labute approximate surface area is 127 Å². The minimum Gasteiger partial charge on any atom is -0.457 e. The van der Waals surface area contributed by atoms with Crippen LogP contribution in [0.3, 0.4) is 0 Å². The van der Waals surface area contributed by atoms with Gasteiger partial charge in [0.1, 0.15) is 11.5 Å². The van der Waals surface area contributed by atoms with E-state index in [1.807, 2.05) is 12.3 Å². The Morgan fingerprint density at radius 2 is 1.86 bits per heavy atom. The summed E-state index contributed by atoms with van der Waals surface area (Å²) in [4.78, 5) is 4.21. The second kappa shape index (κ2) is 6.27. The van der Waals surface area contributed by atoms with Crippen LogP contribution in [0.2, 0.25) is 0 Å². The molecule has 0 unspecified atom stereocenters. The highest BCUT2D eigenvalue weighted by molar-refractivity contribution is 5.41. The van der Waals surface area contributed by atoms with Crippen molar-refractivity contribution in [3.8, 4) is 11.5 Å². The number of aryl methyl sites for hydroxylation is 2. The van der Waals surface area contributed by atoms with Crippen LogP contribution in [0.15, 0.2) is 36.7 Å². The van der Waals surface area contributed by atoms with Gasteiger partial charge in [0, 0.05) is 30.0 Å². The summed E-state index contributed by atoms with van der Waals surface area (Å²) in [6.07, 6.45) is 3.63. The van der Waals surface area contributed by atoms with E-state index >= 15 is 0 Å². The molecular formula is C18H24N2O. The van der Waals surface area contributed by atoms with E-state index in [-0.39, 0.29) is 5.54 Å². The largest absolute Gasteiger partial charge is 0.457 e. The van der Waals surface area contributed by atoms with E-state index in [0.717, 1.165) is 29.2 Å². The molecule has 1 aromatic carbocycles. The number of hydrogen-bond acceptors (Lipinski definition) is 3. The zero-order valence-corrected chi connectivity index (χ0v) is 13.5. The predicted octanol–water partition coefficient (Wildman–Crippen LogP) is 4.38. The summed E-state index contributed by atoms with van der Waals surface area (Å²) in [6, 6.07) is 8.16. The van der Waals surface area contributed by atoms with Crippen molar-refractivity contribution in [2.24, 2.45) is 0 Å². The predicted molar refractivity (Wildman–Crippen MR) is 86.8 cm³/mol. The molecule has 0 radical (unpaired) electrons. The van der Waals surface area contributed by atoms with Crippen molar-refractivity contribution in [3.05, 3.63) is 53.3 Å². The first-order valence-corrected chi connectivity index (χ1v) is 7.28. The van der Waals surface area contributed by atoms with Crippen LogP contribution in [0.1, 0.15) is 37.5 Å². The fourth-order valence-electron chi connectivity index (χ4n) is 1.94. The van der Waals surface area contributed by atoms with Crippen LogP contribution in [0, 0.1) is 13.8 Å². The number of pyridine rings is 1. The molecule has 0 saturated heterocycles. The Morgan fingerprint density at radius 1 is 1.10 bits per heavy atom. The summed E-state index contributed by atoms with van der Waals surface area (Å²) < 4.78 is 6.11. The van der Waals surface area contributed by atoms with Gasteiger partial charge >= 0.3 is 0 Å². The number of aromatic nitrogens is 1. The van der Waals surface area contributed by atoms with E-state index < -0.39 is 0 Å². The van der Waals surface area contributed by atoms with Crippen molar-refractivity contribution in [3.63, 3.8) is 0 Å². The maximum absolute atomic E-state index is 6.11. The molecule has 1 heterocycles. The lowest BCUT2D eigenvalue weighted by molar-refractivity contribution is 0.413. The van der Waals surface area contributed by atoms with Crippen LogP contribution >= 0.6 is 0 Å². The molecule has 0 spiro atoms. The Hall–Kier alpha value is -1.87. The molecule has 0 aliphatic heterocycles. The molecule has 2 aromatic rings. The minimum atomic E-state index is 0.0619. The first-order valence-electron chi connectivity index (χ1n) is 7.28. The number of benzene rings is 1. The van der Waals surface area contributed by atoms with Crippen molar-refractivity contribution in [2.45, 2.75) is 46.7 Å². The molecule has 0 saturated carbocycles. The molecule has 112 valence electrons. The van der Waals surface area contributed by atoms with Gasteiger partial charge in [-0.1, -0.05) is 12.1 Å². The molecule has 0 atom stereocenters. The molecule has 0 bridgehead atoms. The first-order chi connectivity index (χ1) is 9.85. The summed E-state index contributed by atoms with van der Waals surface area (Å²) in [5.41, 5.74) is 3.45. The van der Waals surface area contributed by atoms with Crippen molar-refractivity contribution < 1.29 is 4.74 Å². The first kappa shape index (κ1) is 15.5. The van der Waals surface area contributed by atoms with Gasteiger partial charge in [-0.3, -0.25) is 4.98 Å². The number of rotatable bonds is 4. The maximum Gasteiger partial charge on any atom is 0.135 e. The summed E-state index contributed by atoms with van der Waals surface area (Å²) in [7, 11) is 0. The average Bonchev–Trinajstić information content (AvgIpc) is 2.41. The van der Waals surface area contributed by atoms with E-state index in [0.29, 0.717) is 0 Å². The standard InChI is InChI=1S/C18H24N2O/c1-13-6-7-14(2)17(10-13)21-16-8-9-19-11-15(16)12-20-18(3,4)5/h6-11,20H,12H2,1-5H3. The molecule has 0 aliphatic rings. The highest BCUT2D eigenvalue weighted by atomic mass is 16.5. The van der Waals surface area contributed by atoms with Gasteiger partial charge in [0.05, 0.1) is 0 Å². The monoisotopic (exact) mass is 284 g/mol. The zero-order valence-electron chi connectivity index (χ0n) is 13.5. The van der Waals surface area contributed by atoms with E-state index in [9.17, 15) is 0 Å². The van der Waals surface area contributed by atoms with E-state index in [2.05, 4.69) is 63.1 Å². The third-order valence-electron chi connectivity index (χ3n) is 3.23. The van der Waals surface area contributed by atoms with Crippen molar-refractivity contribution in [2.75, 3.05) is 0 Å². The van der Waals surface area contributed by atoms with Crippen LogP contribution in [-0.4, -0.2) is 10.5 Å². The smallest absolute Gasteiger partial charge is 0.135 e. The number of hydrogen-bond donors (Lipinski definition) is 1. The normalized spacial score (nSPS) is 11.5. The van der Waals surface area contributed by atoms with Gasteiger partial charge in [0.2, 0.25) is 0 Å². The fourth-order valence-corrected chi connectivity index (χ4v) is 1.94. The summed E-state index contributed by atoms with van der Waals surface area (Å²) >= 11 is 0. The second-order valence-corrected chi connectivity index (χ2v) is 6.46. The van der Waals surface area contributed by atoms with Crippen molar-refractivity contribution in [1.82, 2.24) is 10.3 Å². The second-order valence-electron chi connectivity index (χ2n) is 6.46. The molecule has 3 heteroatoms. The van der Waals surface area contributed by atoms with E-state index in [1.165, 1.54) is 5.56 Å². The average molecular weight is 284 g/mol. The lowest BCUT2D eigenvalue weighted by Gasteiger charge is -2.21. The van der Waals surface area contributed by atoms with E-state index in [4.69, 9.17) is 4.74 Å². The van der Waals surface area contributed by atoms with Crippen LogP contribution in [0.25, 0.3) is 0 Å². The quantitative estimate of drug-likeness (QED) is 0.904. The number of ether oxygens (including phenoxy) is 1. The number of nitrogens with one attached hydrogen (secondary N) is 1. The highest BCUT2D eigenvalue weighted by Crippen LogP contribution is 2.28. The topological polar surface area (TPSA) is 34.1 Å². The van der Waals surface area contributed by atoms with Crippen molar-refractivity contribution in [1.29, 1.82) is 0 Å². The van der Waals surface area contributed by atoms with Gasteiger partial charge in [-0.2, -0.15) is 0 Å². The molecule has 1 aromatic heterocycles. The molecule has 3 nitrogen and oxygen atoms in total. The molecule has 2 rings (SSSR count). The molecule has 0 amide bonds. The summed E-state index contributed by atoms with van der Waals surface area (Å²) in [6.45, 7) is 11.3. The van der Waals surface area contributed by atoms with Gasteiger partial charge in [-0.25, -0.2) is 0 Å². The highest BCUT2D eigenvalue weighted by Gasteiger charge is 2.12. The molecular weight excluding hydrogens is 260 g/mol. The Kier molecular flexibility index (Phi) is 4.63. The Morgan fingerprint density at radius 3 is 2.57 bits per heavy atom. The SMILES string of the molecule is Cc1ccc(C)c(Oc2ccncc2CNC(C)(C)C)c1. The van der Waals surface area contributed by atoms with Crippen LogP contribution in [0.5, 0.6) is 11.5 Å². The van der Waals surface area contributed by atoms with Gasteiger partial charge < -0.3 is 10.1 Å². The minimum absolute atomic E-state index is 0.0619. The summed E-state index contributed by atoms with van der Waals surface area (Å²) in [5.74, 6) is 1.76. The number of nitrogens with zero attached hydrogens (tertiary/aromatic N) is 1. The maximum atomic E-state index is 6.11. The fraction of sp³-hybridized carbons (Fsp3) is 0.389.